The maximum absolute atomic E-state index is 13.3. The van der Waals surface area contributed by atoms with Gasteiger partial charge in [0.15, 0.2) is 11.6 Å². The van der Waals surface area contributed by atoms with Crippen molar-refractivity contribution >= 4 is 5.97 Å². The van der Waals surface area contributed by atoms with Crippen molar-refractivity contribution in [3.63, 3.8) is 0 Å². The highest BCUT2D eigenvalue weighted by Crippen LogP contribution is 2.42. The zero-order chi connectivity index (χ0) is 19.9. The molecule has 1 N–H and O–H groups in total. The van der Waals surface area contributed by atoms with E-state index in [1.54, 1.807) is 6.07 Å². The van der Waals surface area contributed by atoms with Crippen molar-refractivity contribution < 1.29 is 18.7 Å². The van der Waals surface area contributed by atoms with Gasteiger partial charge in [0.1, 0.15) is 0 Å². The lowest BCUT2D eigenvalue weighted by atomic mass is 9.68. The van der Waals surface area contributed by atoms with Crippen LogP contribution in [-0.2, 0) is 11.2 Å². The second-order valence-electron chi connectivity index (χ2n) is 8.83. The second-order valence-corrected chi connectivity index (χ2v) is 8.83. The number of halogens is 2. The fourth-order valence-corrected chi connectivity index (χ4v) is 5.27. The van der Waals surface area contributed by atoms with Gasteiger partial charge in [0, 0.05) is 6.08 Å². The second kappa shape index (κ2) is 10.2. The third kappa shape index (κ3) is 6.15. The average molecular weight is 391 g/mol. The maximum Gasteiger partial charge on any atom is 0.327 e. The highest BCUT2D eigenvalue weighted by Gasteiger charge is 2.30. The predicted octanol–water partition coefficient (Wildman–Crippen LogP) is 6.54. The van der Waals surface area contributed by atoms with Gasteiger partial charge >= 0.3 is 5.97 Å². The summed E-state index contributed by atoms with van der Waals surface area (Å²) in [4.78, 5) is 10.6. The average Bonchev–Trinajstić information content (AvgIpc) is 2.70. The summed E-state index contributed by atoms with van der Waals surface area (Å²) in [7, 11) is 0. The van der Waals surface area contributed by atoms with Crippen molar-refractivity contribution in [2.24, 2.45) is 23.7 Å². The molecule has 0 radical (unpaired) electrons. The van der Waals surface area contributed by atoms with Crippen LogP contribution >= 0.6 is 0 Å². The first-order chi connectivity index (χ1) is 13.5. The number of rotatable bonds is 7. The lowest BCUT2D eigenvalue weighted by Gasteiger charge is -2.37. The molecule has 4 heteroatoms. The third-order valence-electron chi connectivity index (χ3n) is 7.00. The molecular formula is C24H32F2O2. The number of allylic oxidation sites excluding steroid dienone is 1. The molecule has 0 aromatic heterocycles. The van der Waals surface area contributed by atoms with Gasteiger partial charge in [-0.15, -0.1) is 0 Å². The van der Waals surface area contributed by atoms with Crippen molar-refractivity contribution in [2.45, 2.75) is 70.6 Å². The quantitative estimate of drug-likeness (QED) is 0.537. The van der Waals surface area contributed by atoms with Crippen LogP contribution in [-0.4, -0.2) is 11.1 Å². The van der Waals surface area contributed by atoms with Crippen LogP contribution in [0.2, 0.25) is 0 Å². The van der Waals surface area contributed by atoms with Gasteiger partial charge in [-0.3, -0.25) is 0 Å². The van der Waals surface area contributed by atoms with E-state index in [1.165, 1.54) is 69.6 Å². The number of aryl methyl sites for hydroxylation is 1. The monoisotopic (exact) mass is 390 g/mol. The van der Waals surface area contributed by atoms with Crippen LogP contribution < -0.4 is 0 Å². The summed E-state index contributed by atoms with van der Waals surface area (Å²) in [6.45, 7) is 0. The SMILES string of the molecule is O=C(O)C=CCC1CCC(C2CCC(CCc3ccc(F)c(F)c3)CC2)CC1. The standard InChI is InChI=1S/C24H32F2O2/c25-22-15-10-19(16-23(22)26)5-4-18-8-13-21(14-9-18)20-11-6-17(7-12-20)2-1-3-24(27)28/h1,3,10,15-18,20-21H,2,4-9,11-14H2,(H,27,28). The summed E-state index contributed by atoms with van der Waals surface area (Å²) in [6, 6.07) is 4.27. The number of hydrogen-bond acceptors (Lipinski definition) is 1. The van der Waals surface area contributed by atoms with Crippen molar-refractivity contribution in [3.05, 3.63) is 47.5 Å². The summed E-state index contributed by atoms with van der Waals surface area (Å²) in [6.07, 6.45) is 16.0. The molecule has 0 heterocycles. The van der Waals surface area contributed by atoms with Crippen molar-refractivity contribution in [1.29, 1.82) is 0 Å². The topological polar surface area (TPSA) is 37.3 Å². The Bertz CT molecular complexity index is 669. The molecule has 2 nitrogen and oxygen atoms in total. The molecule has 2 aliphatic rings. The molecule has 2 saturated carbocycles. The van der Waals surface area contributed by atoms with Crippen LogP contribution in [0.25, 0.3) is 0 Å². The molecule has 2 fully saturated rings. The first kappa shape index (κ1) is 21.0. The number of carboxylic acid groups (broad SMARTS) is 1. The van der Waals surface area contributed by atoms with E-state index in [-0.39, 0.29) is 0 Å². The van der Waals surface area contributed by atoms with Gasteiger partial charge in [-0.2, -0.15) is 0 Å². The van der Waals surface area contributed by atoms with Gasteiger partial charge in [0.25, 0.3) is 0 Å². The Morgan fingerprint density at radius 1 is 0.929 bits per heavy atom. The lowest BCUT2D eigenvalue weighted by Crippen LogP contribution is -2.26. The molecule has 3 rings (SSSR count). The minimum atomic E-state index is -0.852. The largest absolute Gasteiger partial charge is 0.478 e. The third-order valence-corrected chi connectivity index (χ3v) is 7.00. The molecule has 1 aromatic rings. The Morgan fingerprint density at radius 2 is 1.54 bits per heavy atom. The van der Waals surface area contributed by atoms with Crippen LogP contribution in [0.3, 0.4) is 0 Å². The molecule has 0 bridgehead atoms. The van der Waals surface area contributed by atoms with Gasteiger partial charge in [-0.1, -0.05) is 25.0 Å². The van der Waals surface area contributed by atoms with E-state index in [1.807, 2.05) is 6.08 Å². The fraction of sp³-hybridized carbons (Fsp3) is 0.625. The van der Waals surface area contributed by atoms with Crippen LogP contribution in [0, 0.1) is 35.3 Å². The van der Waals surface area contributed by atoms with E-state index in [9.17, 15) is 13.6 Å². The molecule has 0 unspecified atom stereocenters. The first-order valence-corrected chi connectivity index (χ1v) is 10.8. The molecule has 28 heavy (non-hydrogen) atoms. The summed E-state index contributed by atoms with van der Waals surface area (Å²) in [5, 5.41) is 8.68. The molecule has 1 aromatic carbocycles. The number of benzene rings is 1. The highest BCUT2D eigenvalue weighted by molar-refractivity contribution is 5.79. The Hall–Kier alpha value is -1.71. The van der Waals surface area contributed by atoms with Crippen LogP contribution in [0.5, 0.6) is 0 Å². The van der Waals surface area contributed by atoms with Crippen molar-refractivity contribution in [2.75, 3.05) is 0 Å². The van der Waals surface area contributed by atoms with E-state index < -0.39 is 17.6 Å². The molecule has 154 valence electrons. The Labute approximate surface area is 167 Å². The summed E-state index contributed by atoms with van der Waals surface area (Å²) in [5.41, 5.74) is 0.899. The molecule has 0 saturated heterocycles. The number of hydrogen-bond donors (Lipinski definition) is 1. The molecule has 0 amide bonds. The Kier molecular flexibility index (Phi) is 7.64. The van der Waals surface area contributed by atoms with Crippen LogP contribution in [0.1, 0.15) is 69.8 Å². The van der Waals surface area contributed by atoms with E-state index in [4.69, 9.17) is 5.11 Å². The maximum atomic E-state index is 13.3. The van der Waals surface area contributed by atoms with E-state index in [0.717, 1.165) is 36.7 Å². The molecule has 2 aliphatic carbocycles. The number of aliphatic carboxylic acids is 1. The van der Waals surface area contributed by atoms with Crippen molar-refractivity contribution in [3.8, 4) is 0 Å². The van der Waals surface area contributed by atoms with E-state index in [0.29, 0.717) is 11.8 Å². The van der Waals surface area contributed by atoms with Crippen molar-refractivity contribution in [1.82, 2.24) is 0 Å². The Balaban J connectivity index is 1.35. The molecule has 0 spiro atoms. The van der Waals surface area contributed by atoms with Crippen LogP contribution in [0.15, 0.2) is 30.4 Å². The van der Waals surface area contributed by atoms with E-state index >= 15 is 0 Å². The highest BCUT2D eigenvalue weighted by atomic mass is 19.2. The lowest BCUT2D eigenvalue weighted by molar-refractivity contribution is -0.131. The molecule has 0 aliphatic heterocycles. The fourth-order valence-electron chi connectivity index (χ4n) is 5.27. The zero-order valence-electron chi connectivity index (χ0n) is 16.6. The predicted molar refractivity (Wildman–Crippen MR) is 107 cm³/mol. The normalized spacial score (nSPS) is 28.5. The van der Waals surface area contributed by atoms with Gasteiger partial charge in [-0.05, 0) is 99.2 Å². The van der Waals surface area contributed by atoms with Gasteiger partial charge in [0.2, 0.25) is 0 Å². The number of carboxylic acids is 1. The minimum absolute atomic E-state index is 0.652. The minimum Gasteiger partial charge on any atom is -0.478 e. The van der Waals surface area contributed by atoms with Crippen LogP contribution in [0.4, 0.5) is 8.78 Å². The summed E-state index contributed by atoms with van der Waals surface area (Å²) >= 11 is 0. The zero-order valence-corrected chi connectivity index (χ0v) is 16.6. The van der Waals surface area contributed by atoms with Gasteiger partial charge in [0.05, 0.1) is 0 Å². The van der Waals surface area contributed by atoms with Gasteiger partial charge in [-0.25, -0.2) is 13.6 Å². The molecular weight excluding hydrogens is 358 g/mol. The summed E-state index contributed by atoms with van der Waals surface area (Å²) < 4.78 is 26.4. The van der Waals surface area contributed by atoms with E-state index in [2.05, 4.69) is 0 Å². The first-order valence-electron chi connectivity index (χ1n) is 10.8. The number of carbonyl (C=O) groups is 1. The molecule has 0 atom stereocenters. The Morgan fingerprint density at radius 3 is 2.11 bits per heavy atom. The smallest absolute Gasteiger partial charge is 0.327 e. The summed E-state index contributed by atoms with van der Waals surface area (Å²) in [5.74, 6) is 0.685. The van der Waals surface area contributed by atoms with Gasteiger partial charge < -0.3 is 5.11 Å².